The fourth-order valence-electron chi connectivity index (χ4n) is 3.21. The number of sulfonamides is 1. The zero-order chi connectivity index (χ0) is 22.4. The standard InChI is InChI=1S/C21H23N3O5S2/c1-29-20(26)16-7-5-6-15(14-16)19(25)23-21(30)22-17-8-10-18(11-9-17)31(27,28)24-12-3-2-4-13-24/h5-11,14H,2-4,12-13H2,1H3,(H2,22,23,25,30). The third kappa shape index (κ3) is 5.66. The van der Waals surface area contributed by atoms with Crippen LogP contribution in [0.1, 0.15) is 40.0 Å². The molecule has 0 spiro atoms. The highest BCUT2D eigenvalue weighted by Crippen LogP contribution is 2.22. The lowest BCUT2D eigenvalue weighted by Crippen LogP contribution is -2.35. The molecule has 0 bridgehead atoms. The van der Waals surface area contributed by atoms with Crippen LogP contribution in [0.3, 0.4) is 0 Å². The number of rotatable bonds is 5. The number of nitrogens with zero attached hydrogens (tertiary/aromatic N) is 1. The number of anilines is 1. The van der Waals surface area contributed by atoms with Crippen LogP contribution < -0.4 is 10.6 Å². The molecule has 10 heteroatoms. The van der Waals surface area contributed by atoms with Crippen molar-refractivity contribution in [2.24, 2.45) is 0 Å². The number of esters is 1. The summed E-state index contributed by atoms with van der Waals surface area (Å²) < 4.78 is 31.6. The van der Waals surface area contributed by atoms with Crippen LogP contribution in [0.4, 0.5) is 5.69 Å². The first kappa shape index (κ1) is 22.9. The van der Waals surface area contributed by atoms with Gasteiger partial charge in [0.1, 0.15) is 0 Å². The number of nitrogens with one attached hydrogen (secondary N) is 2. The van der Waals surface area contributed by atoms with Crippen molar-refractivity contribution in [2.45, 2.75) is 24.2 Å². The molecule has 0 aromatic heterocycles. The number of ether oxygens (including phenoxy) is 1. The zero-order valence-electron chi connectivity index (χ0n) is 17.0. The van der Waals surface area contributed by atoms with Gasteiger partial charge in [-0.25, -0.2) is 13.2 Å². The van der Waals surface area contributed by atoms with Crippen LogP contribution in [-0.4, -0.2) is 49.9 Å². The van der Waals surface area contributed by atoms with E-state index in [9.17, 15) is 18.0 Å². The molecular formula is C21H23N3O5S2. The van der Waals surface area contributed by atoms with E-state index in [1.165, 1.54) is 29.6 Å². The number of carbonyl (C=O) groups is 2. The number of thiocarbonyl (C=S) groups is 1. The van der Waals surface area contributed by atoms with Crippen molar-refractivity contribution in [2.75, 3.05) is 25.5 Å². The van der Waals surface area contributed by atoms with Gasteiger partial charge in [-0.1, -0.05) is 12.5 Å². The minimum atomic E-state index is -3.51. The smallest absolute Gasteiger partial charge is 0.337 e. The second-order valence-corrected chi connectivity index (χ2v) is 9.32. The summed E-state index contributed by atoms with van der Waals surface area (Å²) in [5.74, 6) is -1.04. The van der Waals surface area contributed by atoms with Crippen molar-refractivity contribution < 1.29 is 22.7 Å². The molecule has 2 aromatic carbocycles. The highest BCUT2D eigenvalue weighted by molar-refractivity contribution is 7.89. The van der Waals surface area contributed by atoms with Gasteiger partial charge in [-0.2, -0.15) is 4.31 Å². The van der Waals surface area contributed by atoms with Crippen LogP contribution in [0.25, 0.3) is 0 Å². The molecule has 0 unspecified atom stereocenters. The number of benzene rings is 2. The Hall–Kier alpha value is -2.82. The maximum Gasteiger partial charge on any atom is 0.337 e. The third-order valence-electron chi connectivity index (χ3n) is 4.84. The summed E-state index contributed by atoms with van der Waals surface area (Å²) in [6.07, 6.45) is 2.79. The Labute approximate surface area is 186 Å². The lowest BCUT2D eigenvalue weighted by molar-refractivity contribution is 0.0600. The Bertz CT molecular complexity index is 1080. The summed E-state index contributed by atoms with van der Waals surface area (Å²) in [5.41, 5.74) is 1.03. The molecule has 1 heterocycles. The van der Waals surface area contributed by atoms with Crippen molar-refractivity contribution in [3.8, 4) is 0 Å². The van der Waals surface area contributed by atoms with Gasteiger partial charge in [0.25, 0.3) is 5.91 Å². The van der Waals surface area contributed by atoms with Gasteiger partial charge in [0, 0.05) is 24.3 Å². The highest BCUT2D eigenvalue weighted by atomic mass is 32.2. The molecule has 2 N–H and O–H groups in total. The fraction of sp³-hybridized carbons (Fsp3) is 0.286. The molecule has 3 rings (SSSR count). The molecule has 2 aromatic rings. The number of hydrogen-bond donors (Lipinski definition) is 2. The van der Waals surface area contributed by atoms with Crippen LogP contribution in [0.15, 0.2) is 53.4 Å². The second-order valence-electron chi connectivity index (χ2n) is 6.97. The normalized spacial score (nSPS) is 14.5. The Morgan fingerprint density at radius 3 is 2.29 bits per heavy atom. The van der Waals surface area contributed by atoms with Crippen molar-refractivity contribution in [3.05, 3.63) is 59.7 Å². The summed E-state index contributed by atoms with van der Waals surface area (Å²) >= 11 is 5.17. The topological polar surface area (TPSA) is 105 Å². The molecule has 1 saturated heterocycles. The van der Waals surface area contributed by atoms with Gasteiger partial charge in [0.15, 0.2) is 5.11 Å². The van der Waals surface area contributed by atoms with E-state index in [1.807, 2.05) is 0 Å². The molecule has 0 radical (unpaired) electrons. The Balaban J connectivity index is 1.62. The largest absolute Gasteiger partial charge is 0.465 e. The molecule has 31 heavy (non-hydrogen) atoms. The Morgan fingerprint density at radius 2 is 1.65 bits per heavy atom. The maximum absolute atomic E-state index is 12.7. The van der Waals surface area contributed by atoms with Crippen molar-refractivity contribution in [1.29, 1.82) is 0 Å². The number of carbonyl (C=O) groups excluding carboxylic acids is 2. The summed E-state index contributed by atoms with van der Waals surface area (Å²) in [4.78, 5) is 24.2. The van der Waals surface area contributed by atoms with E-state index in [0.717, 1.165) is 19.3 Å². The zero-order valence-corrected chi connectivity index (χ0v) is 18.6. The van der Waals surface area contributed by atoms with Crippen LogP contribution in [0.2, 0.25) is 0 Å². The van der Waals surface area contributed by atoms with E-state index in [2.05, 4.69) is 15.4 Å². The van der Waals surface area contributed by atoms with Gasteiger partial charge in [-0.15, -0.1) is 0 Å². The molecule has 0 saturated carbocycles. The van der Waals surface area contributed by atoms with Crippen LogP contribution in [-0.2, 0) is 14.8 Å². The predicted octanol–water partition coefficient (Wildman–Crippen LogP) is 2.77. The fourth-order valence-corrected chi connectivity index (χ4v) is 4.94. The molecule has 0 atom stereocenters. The monoisotopic (exact) mass is 461 g/mol. The molecule has 8 nitrogen and oxygen atoms in total. The summed E-state index contributed by atoms with van der Waals surface area (Å²) in [7, 11) is -2.25. The minimum absolute atomic E-state index is 0.0418. The van der Waals surface area contributed by atoms with E-state index >= 15 is 0 Å². The van der Waals surface area contributed by atoms with Crippen molar-refractivity contribution in [1.82, 2.24) is 9.62 Å². The average Bonchev–Trinajstić information content (AvgIpc) is 2.79. The number of methoxy groups -OCH3 is 1. The average molecular weight is 462 g/mol. The molecular weight excluding hydrogens is 438 g/mol. The molecule has 0 aliphatic carbocycles. The number of piperidine rings is 1. The van der Waals surface area contributed by atoms with Crippen LogP contribution in [0.5, 0.6) is 0 Å². The van der Waals surface area contributed by atoms with E-state index in [1.54, 1.807) is 30.3 Å². The third-order valence-corrected chi connectivity index (χ3v) is 6.95. The van der Waals surface area contributed by atoms with E-state index in [-0.39, 0.29) is 21.1 Å². The second kappa shape index (κ2) is 9.99. The van der Waals surface area contributed by atoms with E-state index in [4.69, 9.17) is 12.2 Å². The quantitative estimate of drug-likeness (QED) is 0.521. The Kier molecular flexibility index (Phi) is 7.37. The molecule has 1 amide bonds. The Morgan fingerprint density at radius 1 is 1.00 bits per heavy atom. The van der Waals surface area contributed by atoms with Crippen molar-refractivity contribution >= 4 is 44.9 Å². The van der Waals surface area contributed by atoms with Gasteiger partial charge in [0.2, 0.25) is 10.0 Å². The number of amides is 1. The van der Waals surface area contributed by atoms with E-state index < -0.39 is 21.9 Å². The van der Waals surface area contributed by atoms with Gasteiger partial charge in [-0.3, -0.25) is 10.1 Å². The highest BCUT2D eigenvalue weighted by Gasteiger charge is 2.25. The lowest BCUT2D eigenvalue weighted by Gasteiger charge is -2.25. The minimum Gasteiger partial charge on any atom is -0.465 e. The summed E-state index contributed by atoms with van der Waals surface area (Å²) in [6, 6.07) is 12.3. The van der Waals surface area contributed by atoms with Gasteiger partial charge in [0.05, 0.1) is 17.6 Å². The molecule has 1 fully saturated rings. The maximum atomic E-state index is 12.7. The number of hydrogen-bond acceptors (Lipinski definition) is 6. The SMILES string of the molecule is COC(=O)c1cccc(C(=O)NC(=S)Nc2ccc(S(=O)(=O)N3CCCCC3)cc2)c1. The van der Waals surface area contributed by atoms with Gasteiger partial charge >= 0.3 is 5.97 Å². The van der Waals surface area contributed by atoms with Crippen LogP contribution >= 0.6 is 12.2 Å². The van der Waals surface area contributed by atoms with E-state index in [0.29, 0.717) is 18.8 Å². The van der Waals surface area contributed by atoms with Crippen LogP contribution in [0, 0.1) is 0 Å². The lowest BCUT2D eigenvalue weighted by atomic mass is 10.1. The summed E-state index contributed by atoms with van der Waals surface area (Å²) in [5, 5.41) is 5.42. The van der Waals surface area contributed by atoms with Gasteiger partial charge in [-0.05, 0) is 67.5 Å². The first-order valence-electron chi connectivity index (χ1n) is 9.72. The first-order chi connectivity index (χ1) is 14.8. The first-order valence-corrected chi connectivity index (χ1v) is 11.6. The summed E-state index contributed by atoms with van der Waals surface area (Å²) in [6.45, 7) is 1.07. The molecule has 164 valence electrons. The van der Waals surface area contributed by atoms with Crippen molar-refractivity contribution in [3.63, 3.8) is 0 Å². The predicted molar refractivity (Wildman–Crippen MR) is 121 cm³/mol. The molecule has 1 aliphatic heterocycles. The molecule has 1 aliphatic rings. The van der Waals surface area contributed by atoms with Gasteiger partial charge < -0.3 is 10.1 Å².